The number of carbonyl (C=O) groups is 5. The standard InChI is InChI=1S/C44H56N4O8.H2S/c1-29(2)55-41(51)37(20-13-14-26-45-43(53)56-30(3)4)47-42(52)44(31-15-7-6-8-16-31)25-22-34(33-17-9-11-19-36(33)44)40(50)48-27-23-32(24-28-48)46-39(49)35-18-10-12-21-38(35)54-5;/h6-12,15-19,21,29-30,32,34,37H,13-14,20,22-28H2,1-5H3,(H,45,53)(H,46,49)(H,47,52);1H2/t34-,37+,44+;/m0./s1. The van der Waals surface area contributed by atoms with Gasteiger partial charge in [0.2, 0.25) is 11.8 Å². The molecule has 1 aliphatic heterocycles. The van der Waals surface area contributed by atoms with Crippen LogP contribution in [0, 0.1) is 0 Å². The Hall–Kier alpha value is -5.04. The first-order valence-corrected chi connectivity index (χ1v) is 19.8. The Bertz CT molecular complexity index is 1830. The number of methoxy groups -OCH3 is 1. The summed E-state index contributed by atoms with van der Waals surface area (Å²) in [6, 6.07) is 23.2. The lowest BCUT2D eigenvalue weighted by molar-refractivity contribution is -0.152. The van der Waals surface area contributed by atoms with Crippen molar-refractivity contribution < 1.29 is 38.2 Å². The number of para-hydroxylation sites is 1. The monoisotopic (exact) mass is 802 g/mol. The van der Waals surface area contributed by atoms with Gasteiger partial charge >= 0.3 is 12.1 Å². The molecule has 3 aromatic rings. The molecule has 4 amide bonds. The van der Waals surface area contributed by atoms with Gasteiger partial charge < -0.3 is 35.1 Å². The van der Waals surface area contributed by atoms with E-state index in [0.717, 1.165) is 16.7 Å². The first kappa shape index (κ1) is 44.7. The Morgan fingerprint density at radius 2 is 1.46 bits per heavy atom. The highest BCUT2D eigenvalue weighted by atomic mass is 32.1. The molecule has 1 fully saturated rings. The number of alkyl carbamates (subject to hydrolysis) is 1. The van der Waals surface area contributed by atoms with Crippen LogP contribution in [0.2, 0.25) is 0 Å². The Balaban J connectivity index is 0.00000720. The van der Waals surface area contributed by atoms with Crippen LogP contribution in [0.4, 0.5) is 4.79 Å². The van der Waals surface area contributed by atoms with Gasteiger partial charge in [-0.2, -0.15) is 13.5 Å². The van der Waals surface area contributed by atoms with Crippen LogP contribution in [0.3, 0.4) is 0 Å². The van der Waals surface area contributed by atoms with Crippen LogP contribution in [-0.4, -0.2) is 85.7 Å². The van der Waals surface area contributed by atoms with E-state index in [1.807, 2.05) is 65.6 Å². The molecule has 2 aliphatic rings. The maximum absolute atomic E-state index is 14.9. The molecular formula is C44H58N4O8S. The number of esters is 1. The predicted octanol–water partition coefficient (Wildman–Crippen LogP) is 6.13. The fourth-order valence-corrected chi connectivity index (χ4v) is 7.81. The average Bonchev–Trinajstić information content (AvgIpc) is 3.19. The highest BCUT2D eigenvalue weighted by molar-refractivity contribution is 7.59. The molecule has 12 nitrogen and oxygen atoms in total. The van der Waals surface area contributed by atoms with E-state index in [1.165, 1.54) is 7.11 Å². The molecule has 0 spiro atoms. The number of hydrogen-bond donors (Lipinski definition) is 3. The molecule has 1 heterocycles. The van der Waals surface area contributed by atoms with E-state index in [-0.39, 0.29) is 49.5 Å². The first-order valence-electron chi connectivity index (χ1n) is 19.8. The number of hydrogen-bond acceptors (Lipinski definition) is 8. The summed E-state index contributed by atoms with van der Waals surface area (Å²) in [6.07, 6.45) is 2.28. The maximum atomic E-state index is 14.9. The zero-order chi connectivity index (χ0) is 40.2. The molecule has 57 heavy (non-hydrogen) atoms. The van der Waals surface area contributed by atoms with Gasteiger partial charge in [-0.1, -0.05) is 66.7 Å². The van der Waals surface area contributed by atoms with Gasteiger partial charge in [-0.05, 0) is 101 Å². The highest BCUT2D eigenvalue weighted by Gasteiger charge is 2.49. The molecular weight excluding hydrogens is 745 g/mol. The fourth-order valence-electron chi connectivity index (χ4n) is 7.81. The summed E-state index contributed by atoms with van der Waals surface area (Å²) in [5, 5.41) is 8.91. The molecule has 5 rings (SSSR count). The van der Waals surface area contributed by atoms with Gasteiger partial charge in [0.15, 0.2) is 0 Å². The van der Waals surface area contributed by atoms with Crippen molar-refractivity contribution in [2.75, 3.05) is 26.7 Å². The van der Waals surface area contributed by atoms with Gasteiger partial charge in [0, 0.05) is 25.7 Å². The number of rotatable bonds is 15. The van der Waals surface area contributed by atoms with Crippen LogP contribution in [-0.2, 0) is 29.3 Å². The lowest BCUT2D eigenvalue weighted by Gasteiger charge is -2.43. The minimum Gasteiger partial charge on any atom is -0.496 e. The second-order valence-electron chi connectivity index (χ2n) is 15.1. The minimum atomic E-state index is -1.18. The Morgan fingerprint density at radius 1 is 0.807 bits per heavy atom. The lowest BCUT2D eigenvalue weighted by Crippen LogP contribution is -2.54. The van der Waals surface area contributed by atoms with Crippen molar-refractivity contribution in [1.82, 2.24) is 20.9 Å². The van der Waals surface area contributed by atoms with E-state index >= 15 is 0 Å². The van der Waals surface area contributed by atoms with Crippen LogP contribution in [0.5, 0.6) is 5.75 Å². The Kier molecular flexibility index (Phi) is 16.4. The molecule has 0 aromatic heterocycles. The fraction of sp³-hybridized carbons (Fsp3) is 0.477. The second kappa shape index (κ2) is 20.9. The van der Waals surface area contributed by atoms with Crippen molar-refractivity contribution in [3.63, 3.8) is 0 Å². The van der Waals surface area contributed by atoms with Crippen LogP contribution in [0.15, 0.2) is 78.9 Å². The van der Waals surface area contributed by atoms with Gasteiger partial charge in [-0.3, -0.25) is 14.4 Å². The molecule has 1 saturated heterocycles. The van der Waals surface area contributed by atoms with Crippen molar-refractivity contribution >= 4 is 43.3 Å². The van der Waals surface area contributed by atoms with Crippen LogP contribution in [0.25, 0.3) is 0 Å². The zero-order valence-corrected chi connectivity index (χ0v) is 34.7. The number of benzene rings is 3. The van der Waals surface area contributed by atoms with Crippen molar-refractivity contribution in [3.05, 3.63) is 101 Å². The number of piperidine rings is 1. The molecule has 0 saturated carbocycles. The second-order valence-corrected chi connectivity index (χ2v) is 15.1. The van der Waals surface area contributed by atoms with E-state index in [1.54, 1.807) is 45.9 Å². The summed E-state index contributed by atoms with van der Waals surface area (Å²) in [7, 11) is 1.54. The third-order valence-corrected chi connectivity index (χ3v) is 10.5. The van der Waals surface area contributed by atoms with E-state index in [0.29, 0.717) is 75.9 Å². The van der Waals surface area contributed by atoms with Gasteiger partial charge in [0.05, 0.1) is 36.2 Å². The molecule has 3 aromatic carbocycles. The predicted molar refractivity (Wildman–Crippen MR) is 223 cm³/mol. The van der Waals surface area contributed by atoms with Gasteiger partial charge in [0.1, 0.15) is 11.8 Å². The van der Waals surface area contributed by atoms with Crippen molar-refractivity contribution in [3.8, 4) is 5.75 Å². The Labute approximate surface area is 343 Å². The molecule has 3 atom stereocenters. The quantitative estimate of drug-likeness (QED) is 0.123. The lowest BCUT2D eigenvalue weighted by atomic mass is 9.62. The molecule has 0 bridgehead atoms. The number of nitrogens with one attached hydrogen (secondary N) is 3. The molecule has 3 N–H and O–H groups in total. The van der Waals surface area contributed by atoms with Crippen LogP contribution in [0.1, 0.15) is 106 Å². The summed E-state index contributed by atoms with van der Waals surface area (Å²) in [6.45, 7) is 8.42. The number of carbonyl (C=O) groups excluding carboxylic acids is 5. The molecule has 0 radical (unpaired) electrons. The number of amides is 4. The maximum Gasteiger partial charge on any atom is 0.407 e. The first-order chi connectivity index (χ1) is 26.9. The SMILES string of the molecule is COc1ccccc1C(=O)NC1CCN(C(=O)[C@H]2CC[C@@](C(=O)N[C@H](CCCCNC(=O)OC(C)C)C(=O)OC(C)C)(c3ccccc3)c3ccccc32)CC1.S. The van der Waals surface area contributed by atoms with E-state index < -0.39 is 29.4 Å². The van der Waals surface area contributed by atoms with E-state index in [9.17, 15) is 24.0 Å². The number of unbranched alkanes of at least 4 members (excludes halogenated alkanes) is 1. The number of fused-ring (bicyclic) bond motifs is 1. The molecule has 308 valence electrons. The van der Waals surface area contributed by atoms with Gasteiger partial charge in [0.25, 0.3) is 5.91 Å². The van der Waals surface area contributed by atoms with E-state index in [2.05, 4.69) is 16.0 Å². The van der Waals surface area contributed by atoms with Gasteiger partial charge in [-0.25, -0.2) is 9.59 Å². The molecule has 13 heteroatoms. The summed E-state index contributed by atoms with van der Waals surface area (Å²) < 4.78 is 16.1. The minimum absolute atomic E-state index is 0. The summed E-state index contributed by atoms with van der Waals surface area (Å²) >= 11 is 0. The zero-order valence-electron chi connectivity index (χ0n) is 33.7. The third kappa shape index (κ3) is 11.1. The van der Waals surface area contributed by atoms with E-state index in [4.69, 9.17) is 14.2 Å². The summed E-state index contributed by atoms with van der Waals surface area (Å²) in [5.41, 5.74) is 1.58. The normalized spacial score (nSPS) is 18.4. The highest BCUT2D eigenvalue weighted by Crippen LogP contribution is 2.48. The van der Waals surface area contributed by atoms with Crippen LogP contribution >= 0.6 is 13.5 Å². The van der Waals surface area contributed by atoms with Crippen molar-refractivity contribution in [1.29, 1.82) is 0 Å². The van der Waals surface area contributed by atoms with Crippen molar-refractivity contribution in [2.24, 2.45) is 0 Å². The number of likely N-dealkylation sites (tertiary alicyclic amines) is 1. The molecule has 1 aliphatic carbocycles. The smallest absolute Gasteiger partial charge is 0.407 e. The summed E-state index contributed by atoms with van der Waals surface area (Å²) in [4.78, 5) is 69.5. The Morgan fingerprint density at radius 3 is 2.14 bits per heavy atom. The summed E-state index contributed by atoms with van der Waals surface area (Å²) in [5.74, 6) is -1.02. The number of nitrogens with zero attached hydrogens (tertiary/aromatic N) is 1. The largest absolute Gasteiger partial charge is 0.496 e. The third-order valence-electron chi connectivity index (χ3n) is 10.5. The average molecular weight is 803 g/mol. The van der Waals surface area contributed by atoms with Crippen LogP contribution < -0.4 is 20.7 Å². The van der Waals surface area contributed by atoms with Gasteiger partial charge in [-0.15, -0.1) is 0 Å². The number of ether oxygens (including phenoxy) is 3. The topological polar surface area (TPSA) is 152 Å². The van der Waals surface area contributed by atoms with Crippen molar-refractivity contribution in [2.45, 2.75) is 108 Å². The molecule has 0 unspecified atom stereocenters.